The minimum absolute atomic E-state index is 0.331. The Morgan fingerprint density at radius 1 is 0.812 bits per heavy atom. The van der Waals surface area contributed by atoms with Crippen molar-refractivity contribution in [2.75, 3.05) is 20.7 Å². The van der Waals surface area contributed by atoms with Gasteiger partial charge in [0.15, 0.2) is 0 Å². The first-order valence-corrected chi connectivity index (χ1v) is 10.7. The lowest BCUT2D eigenvalue weighted by molar-refractivity contribution is 0.0697. The van der Waals surface area contributed by atoms with Crippen molar-refractivity contribution in [3.8, 4) is 5.75 Å². The largest absolute Gasteiger partial charge is 0.493 e. The summed E-state index contributed by atoms with van der Waals surface area (Å²) in [5.74, 6) is 0.0873. The Hall–Kier alpha value is -3.63. The van der Waals surface area contributed by atoms with Crippen LogP contribution in [0.25, 0.3) is 10.8 Å². The molecule has 0 unspecified atom stereocenters. The predicted molar refractivity (Wildman–Crippen MR) is 130 cm³/mol. The van der Waals surface area contributed by atoms with Crippen molar-refractivity contribution in [2.45, 2.75) is 12.5 Å². The highest BCUT2D eigenvalue weighted by molar-refractivity contribution is 5.88. The number of aromatic carboxylic acids is 1. The van der Waals surface area contributed by atoms with Crippen LogP contribution in [-0.2, 0) is 0 Å². The van der Waals surface area contributed by atoms with Gasteiger partial charge in [-0.25, -0.2) is 4.79 Å². The van der Waals surface area contributed by atoms with E-state index in [1.165, 1.54) is 16.3 Å². The number of ether oxygens (including phenoxy) is 1. The van der Waals surface area contributed by atoms with E-state index < -0.39 is 5.97 Å². The van der Waals surface area contributed by atoms with E-state index in [4.69, 9.17) is 9.84 Å². The number of rotatable bonds is 7. The molecule has 1 atom stereocenters. The third-order valence-corrected chi connectivity index (χ3v) is 5.23. The first-order valence-electron chi connectivity index (χ1n) is 10.7. The van der Waals surface area contributed by atoms with Crippen LogP contribution in [0.5, 0.6) is 5.75 Å². The van der Waals surface area contributed by atoms with Gasteiger partial charge < -0.3 is 14.7 Å². The number of fused-ring (bicyclic) bond motifs is 1. The van der Waals surface area contributed by atoms with Gasteiger partial charge in [0, 0.05) is 17.8 Å². The van der Waals surface area contributed by atoms with Crippen LogP contribution >= 0.6 is 0 Å². The molecule has 1 N–H and O–H groups in total. The van der Waals surface area contributed by atoms with Gasteiger partial charge in [0.25, 0.3) is 0 Å². The van der Waals surface area contributed by atoms with Crippen LogP contribution in [0.4, 0.5) is 0 Å². The van der Waals surface area contributed by atoms with Gasteiger partial charge in [-0.3, -0.25) is 0 Å². The van der Waals surface area contributed by atoms with Crippen LogP contribution in [0.1, 0.15) is 28.4 Å². The van der Waals surface area contributed by atoms with Gasteiger partial charge in [-0.05, 0) is 43.2 Å². The molecule has 164 valence electrons. The molecule has 4 nitrogen and oxygen atoms in total. The maximum atomic E-state index is 10.2. The highest BCUT2D eigenvalue weighted by atomic mass is 16.5. The Balaban J connectivity index is 0.000000269. The quantitative estimate of drug-likeness (QED) is 0.376. The van der Waals surface area contributed by atoms with Gasteiger partial charge in [0.05, 0.1) is 12.2 Å². The molecule has 0 aliphatic heterocycles. The Kier molecular flexibility index (Phi) is 8.41. The summed E-state index contributed by atoms with van der Waals surface area (Å²) in [6, 6.07) is 33.9. The summed E-state index contributed by atoms with van der Waals surface area (Å²) in [6.45, 7) is 0.700. The Morgan fingerprint density at radius 3 is 2.03 bits per heavy atom. The minimum Gasteiger partial charge on any atom is -0.493 e. The van der Waals surface area contributed by atoms with E-state index >= 15 is 0 Å². The van der Waals surface area contributed by atoms with Crippen molar-refractivity contribution in [3.05, 3.63) is 114 Å². The van der Waals surface area contributed by atoms with Gasteiger partial charge in [-0.15, -0.1) is 0 Å². The van der Waals surface area contributed by atoms with E-state index in [0.29, 0.717) is 18.2 Å². The van der Waals surface area contributed by atoms with Crippen LogP contribution in [0.3, 0.4) is 0 Å². The number of carbonyl (C=O) groups is 1. The lowest BCUT2D eigenvalue weighted by Crippen LogP contribution is -2.22. The van der Waals surface area contributed by atoms with Gasteiger partial charge in [-0.2, -0.15) is 0 Å². The Labute approximate surface area is 189 Å². The van der Waals surface area contributed by atoms with Gasteiger partial charge in [-0.1, -0.05) is 84.9 Å². The van der Waals surface area contributed by atoms with Crippen molar-refractivity contribution >= 4 is 16.7 Å². The van der Waals surface area contributed by atoms with Gasteiger partial charge in [0.2, 0.25) is 0 Å². The monoisotopic (exact) mass is 427 g/mol. The smallest absolute Gasteiger partial charge is 0.335 e. The minimum atomic E-state index is -0.879. The highest BCUT2D eigenvalue weighted by Gasteiger charge is 2.14. The number of hydrogen-bond acceptors (Lipinski definition) is 3. The number of hydrogen-bond donors (Lipinski definition) is 1. The topological polar surface area (TPSA) is 49.8 Å². The highest BCUT2D eigenvalue weighted by Crippen LogP contribution is 2.27. The molecular weight excluding hydrogens is 398 g/mol. The van der Waals surface area contributed by atoms with E-state index in [-0.39, 0.29) is 0 Å². The zero-order valence-corrected chi connectivity index (χ0v) is 18.5. The molecule has 0 saturated carbocycles. The molecule has 0 bridgehead atoms. The lowest BCUT2D eigenvalue weighted by Gasteiger charge is -2.25. The number of nitrogens with zero attached hydrogens (tertiary/aromatic N) is 1. The first kappa shape index (κ1) is 23.0. The zero-order valence-electron chi connectivity index (χ0n) is 18.5. The third-order valence-electron chi connectivity index (χ3n) is 5.23. The Bertz CT molecular complexity index is 1110. The summed E-state index contributed by atoms with van der Waals surface area (Å²) < 4.78 is 6.09. The van der Waals surface area contributed by atoms with Crippen molar-refractivity contribution in [1.82, 2.24) is 4.90 Å². The molecule has 0 saturated heterocycles. The number of carboxylic acid groups (broad SMARTS) is 1. The summed E-state index contributed by atoms with van der Waals surface area (Å²) >= 11 is 0. The van der Waals surface area contributed by atoms with E-state index in [9.17, 15) is 4.79 Å². The van der Waals surface area contributed by atoms with Crippen LogP contribution in [0.2, 0.25) is 0 Å². The maximum absolute atomic E-state index is 10.2. The molecule has 0 aliphatic rings. The molecule has 4 aromatic rings. The first-order chi connectivity index (χ1) is 15.6. The van der Waals surface area contributed by atoms with Gasteiger partial charge >= 0.3 is 5.97 Å². The maximum Gasteiger partial charge on any atom is 0.335 e. The second kappa shape index (κ2) is 11.7. The van der Waals surface area contributed by atoms with Crippen molar-refractivity contribution in [2.24, 2.45) is 0 Å². The summed E-state index contributed by atoms with van der Waals surface area (Å²) in [7, 11) is 4.24. The molecule has 0 radical (unpaired) electrons. The normalized spacial score (nSPS) is 11.5. The van der Waals surface area contributed by atoms with E-state index in [0.717, 1.165) is 12.2 Å². The third kappa shape index (κ3) is 6.43. The standard InChI is InChI=1S/C21H23NO.C7H6O2/c1-22(2)20(18-10-4-3-5-11-18)15-16-23-21-14-8-12-17-9-6-7-13-19(17)21;8-7(9)6-4-2-1-3-5-6/h3-14,20H,15-16H2,1-2H3;1-5H,(H,8,9)/t20-;/m0./s1. The fourth-order valence-corrected chi connectivity index (χ4v) is 3.58. The van der Waals surface area contributed by atoms with Crippen LogP contribution < -0.4 is 4.74 Å². The summed E-state index contributed by atoms with van der Waals surface area (Å²) in [6.07, 6.45) is 0.959. The fraction of sp³-hybridized carbons (Fsp3) is 0.179. The molecule has 0 heterocycles. The Morgan fingerprint density at radius 2 is 1.41 bits per heavy atom. The number of benzene rings is 4. The summed E-state index contributed by atoms with van der Waals surface area (Å²) in [5.41, 5.74) is 1.66. The second-order valence-electron chi connectivity index (χ2n) is 7.68. The van der Waals surface area contributed by atoms with E-state index in [2.05, 4.69) is 91.8 Å². The summed E-state index contributed by atoms with van der Waals surface area (Å²) in [5, 5.41) is 10.8. The molecule has 32 heavy (non-hydrogen) atoms. The number of carboxylic acids is 1. The average Bonchev–Trinajstić information content (AvgIpc) is 2.83. The average molecular weight is 428 g/mol. The molecule has 0 spiro atoms. The zero-order chi connectivity index (χ0) is 22.8. The van der Waals surface area contributed by atoms with Gasteiger partial charge in [0.1, 0.15) is 5.75 Å². The van der Waals surface area contributed by atoms with Crippen molar-refractivity contribution in [1.29, 1.82) is 0 Å². The van der Waals surface area contributed by atoms with E-state index in [1.54, 1.807) is 30.3 Å². The molecule has 0 aromatic heterocycles. The van der Waals surface area contributed by atoms with E-state index in [1.807, 2.05) is 0 Å². The van der Waals surface area contributed by atoms with Crippen LogP contribution in [0, 0.1) is 0 Å². The molecular formula is C28H29NO3. The second-order valence-corrected chi connectivity index (χ2v) is 7.68. The molecule has 0 aliphatic carbocycles. The van der Waals surface area contributed by atoms with Crippen molar-refractivity contribution < 1.29 is 14.6 Å². The molecule has 4 heteroatoms. The molecule has 0 fully saturated rings. The molecule has 0 amide bonds. The SMILES string of the molecule is CN(C)[C@@H](CCOc1cccc2ccccc12)c1ccccc1.O=C(O)c1ccccc1. The van der Waals surface area contributed by atoms with Crippen LogP contribution in [0.15, 0.2) is 103 Å². The van der Waals surface area contributed by atoms with Crippen LogP contribution in [-0.4, -0.2) is 36.7 Å². The lowest BCUT2D eigenvalue weighted by atomic mass is 10.0. The molecule has 4 rings (SSSR count). The summed E-state index contributed by atoms with van der Waals surface area (Å²) in [4.78, 5) is 12.5. The van der Waals surface area contributed by atoms with Crippen molar-refractivity contribution in [3.63, 3.8) is 0 Å². The predicted octanol–water partition coefficient (Wildman–Crippen LogP) is 6.30. The molecule has 4 aromatic carbocycles. The fourth-order valence-electron chi connectivity index (χ4n) is 3.58.